The molecule has 1 aliphatic heterocycles. The van der Waals surface area contributed by atoms with Crippen molar-refractivity contribution in [1.29, 1.82) is 0 Å². The molecular weight excluding hydrogens is 540 g/mol. The lowest BCUT2D eigenvalue weighted by Crippen LogP contribution is -2.42. The van der Waals surface area contributed by atoms with Crippen molar-refractivity contribution in [1.82, 2.24) is 10.6 Å². The van der Waals surface area contributed by atoms with Crippen molar-refractivity contribution in [2.45, 2.75) is 25.4 Å². The van der Waals surface area contributed by atoms with Gasteiger partial charge in [0.05, 0.1) is 39.6 Å². The Morgan fingerprint density at radius 3 is 1.52 bits per heavy atom. The van der Waals surface area contributed by atoms with Crippen molar-refractivity contribution in [3.8, 4) is 11.5 Å². The molecule has 3 aromatic rings. The van der Waals surface area contributed by atoms with Gasteiger partial charge in [0, 0.05) is 19.2 Å². The number of rotatable bonds is 8. The molecule has 0 saturated heterocycles. The number of carbonyl (C=O) groups is 2. The largest absolute Gasteiger partial charge is 0.484 e. The molecule has 0 aliphatic carbocycles. The minimum atomic E-state index is -0.500. The van der Waals surface area contributed by atoms with Gasteiger partial charge < -0.3 is 39.1 Å². The predicted molar refractivity (Wildman–Crippen MR) is 155 cm³/mol. The Balaban J connectivity index is 1.40. The van der Waals surface area contributed by atoms with Crippen LogP contribution in [0.15, 0.2) is 84.9 Å². The number of carbonyl (C=O) groups excluding carboxylic acids is 2. The molecule has 2 N–H and O–H groups in total. The Hall–Kier alpha value is -3.96. The number of amides is 2. The molecule has 2 atom stereocenters. The van der Waals surface area contributed by atoms with Crippen LogP contribution in [0.3, 0.4) is 0 Å². The number of ether oxygens (including phenoxy) is 6. The van der Waals surface area contributed by atoms with Crippen molar-refractivity contribution < 1.29 is 38.0 Å². The third kappa shape index (κ3) is 11.5. The highest BCUT2D eigenvalue weighted by Gasteiger charge is 2.24. The van der Waals surface area contributed by atoms with E-state index >= 15 is 0 Å². The summed E-state index contributed by atoms with van der Waals surface area (Å²) in [6.07, 6.45) is -1.000. The number of benzene rings is 3. The van der Waals surface area contributed by atoms with Gasteiger partial charge in [-0.3, -0.25) is 9.59 Å². The monoisotopic (exact) mass is 578 g/mol. The Morgan fingerprint density at radius 1 is 0.619 bits per heavy atom. The standard InChI is InChI=1S/C32H38N2O8/c35-31-23-41-27-12-7-13-28(18-27)42-24-32(36)34-15-17-40-30(22-38-20-26-10-5-2-6-11-26)29(39-16-14-33-31)21-37-19-25-8-3-1-4-9-25/h1-13,18,29-30H,14-17,19-24H2,(H,33,35)(H,34,36)/t29-,30-/m0/s1. The van der Waals surface area contributed by atoms with E-state index < -0.39 is 12.2 Å². The molecule has 0 fully saturated rings. The Bertz CT molecular complexity index is 1120. The second-order valence-corrected chi connectivity index (χ2v) is 9.57. The number of fused-ring (bicyclic) bond motifs is 2. The maximum absolute atomic E-state index is 12.4. The first-order valence-corrected chi connectivity index (χ1v) is 14.0. The molecule has 4 rings (SSSR count). The van der Waals surface area contributed by atoms with Crippen LogP contribution in [0.2, 0.25) is 0 Å². The van der Waals surface area contributed by atoms with E-state index in [1.54, 1.807) is 24.3 Å². The molecule has 0 saturated carbocycles. The van der Waals surface area contributed by atoms with E-state index in [1.807, 2.05) is 60.7 Å². The fourth-order valence-corrected chi connectivity index (χ4v) is 4.11. The topological polar surface area (TPSA) is 114 Å². The highest BCUT2D eigenvalue weighted by Crippen LogP contribution is 2.19. The summed E-state index contributed by atoms with van der Waals surface area (Å²) in [7, 11) is 0. The van der Waals surface area contributed by atoms with Gasteiger partial charge in [-0.05, 0) is 23.3 Å². The van der Waals surface area contributed by atoms with Gasteiger partial charge in [0.2, 0.25) is 0 Å². The average molecular weight is 579 g/mol. The lowest BCUT2D eigenvalue weighted by atomic mass is 10.2. The molecule has 10 nitrogen and oxygen atoms in total. The third-order valence-corrected chi connectivity index (χ3v) is 6.26. The van der Waals surface area contributed by atoms with E-state index in [0.717, 1.165) is 11.1 Å². The summed E-state index contributed by atoms with van der Waals surface area (Å²) >= 11 is 0. The molecule has 1 aliphatic rings. The van der Waals surface area contributed by atoms with Gasteiger partial charge in [-0.25, -0.2) is 0 Å². The van der Waals surface area contributed by atoms with Crippen LogP contribution in [0.1, 0.15) is 11.1 Å². The molecule has 0 aromatic heterocycles. The van der Waals surface area contributed by atoms with Gasteiger partial charge in [-0.1, -0.05) is 66.7 Å². The molecule has 1 heterocycles. The SMILES string of the molecule is O=C1COc2cccc(c2)OCC(=O)NCCO[C@@H](COCc2ccccc2)[C@H](COCc2ccccc2)OCCN1. The molecule has 2 amide bonds. The van der Waals surface area contributed by atoms with Crippen LogP contribution in [-0.4, -0.2) is 76.8 Å². The summed E-state index contributed by atoms with van der Waals surface area (Å²) in [6.45, 7) is 1.93. The van der Waals surface area contributed by atoms with Crippen LogP contribution in [0.25, 0.3) is 0 Å². The van der Waals surface area contributed by atoms with E-state index in [0.29, 0.717) is 24.7 Å². The molecule has 42 heavy (non-hydrogen) atoms. The highest BCUT2D eigenvalue weighted by atomic mass is 16.6. The van der Waals surface area contributed by atoms with E-state index in [-0.39, 0.29) is 64.5 Å². The quantitative estimate of drug-likeness (QED) is 0.420. The second-order valence-electron chi connectivity index (χ2n) is 9.57. The van der Waals surface area contributed by atoms with Crippen molar-refractivity contribution in [3.63, 3.8) is 0 Å². The van der Waals surface area contributed by atoms with Crippen LogP contribution in [0.4, 0.5) is 0 Å². The van der Waals surface area contributed by atoms with Crippen molar-refractivity contribution >= 4 is 11.8 Å². The van der Waals surface area contributed by atoms with Crippen LogP contribution in [-0.2, 0) is 41.8 Å². The van der Waals surface area contributed by atoms with Gasteiger partial charge in [-0.15, -0.1) is 0 Å². The molecule has 10 heteroatoms. The molecule has 224 valence electrons. The van der Waals surface area contributed by atoms with E-state index in [1.165, 1.54) is 0 Å². The summed E-state index contributed by atoms with van der Waals surface area (Å²) in [4.78, 5) is 24.7. The first kappa shape index (κ1) is 31.0. The summed E-state index contributed by atoms with van der Waals surface area (Å²) in [6, 6.07) is 26.5. The normalized spacial score (nSPS) is 19.1. The zero-order valence-electron chi connectivity index (χ0n) is 23.6. The second kappa shape index (κ2) is 17.8. The Morgan fingerprint density at radius 2 is 1.07 bits per heavy atom. The van der Waals surface area contributed by atoms with Crippen LogP contribution in [0, 0.1) is 0 Å². The van der Waals surface area contributed by atoms with Crippen molar-refractivity contribution in [2.75, 3.05) is 52.7 Å². The van der Waals surface area contributed by atoms with E-state index in [4.69, 9.17) is 28.4 Å². The average Bonchev–Trinajstić information content (AvgIpc) is 3.02. The predicted octanol–water partition coefficient (Wildman–Crippen LogP) is 2.89. The van der Waals surface area contributed by atoms with Gasteiger partial charge in [0.1, 0.15) is 23.7 Å². The maximum atomic E-state index is 12.4. The molecule has 0 spiro atoms. The van der Waals surface area contributed by atoms with Gasteiger partial charge >= 0.3 is 0 Å². The Labute approximate surface area is 246 Å². The first-order valence-electron chi connectivity index (χ1n) is 14.0. The van der Waals surface area contributed by atoms with E-state index in [9.17, 15) is 9.59 Å². The summed E-state index contributed by atoms with van der Waals surface area (Å²) in [5, 5.41) is 5.61. The van der Waals surface area contributed by atoms with Gasteiger partial charge in [0.15, 0.2) is 13.2 Å². The maximum Gasteiger partial charge on any atom is 0.258 e. The lowest BCUT2D eigenvalue weighted by molar-refractivity contribution is -0.134. The van der Waals surface area contributed by atoms with Crippen molar-refractivity contribution in [3.05, 3.63) is 96.1 Å². The molecule has 0 radical (unpaired) electrons. The molecule has 3 aromatic carbocycles. The highest BCUT2D eigenvalue weighted by molar-refractivity contribution is 5.78. The third-order valence-electron chi connectivity index (χ3n) is 6.26. The summed E-state index contributed by atoms with van der Waals surface area (Å²) < 4.78 is 35.5. The fourth-order valence-electron chi connectivity index (χ4n) is 4.11. The van der Waals surface area contributed by atoms with Crippen LogP contribution < -0.4 is 20.1 Å². The van der Waals surface area contributed by atoms with Gasteiger partial charge in [-0.2, -0.15) is 0 Å². The molecule has 2 bridgehead atoms. The lowest BCUT2D eigenvalue weighted by Gasteiger charge is -2.28. The minimum Gasteiger partial charge on any atom is -0.484 e. The number of nitrogens with one attached hydrogen (secondary N) is 2. The summed E-state index contributed by atoms with van der Waals surface area (Å²) in [5.74, 6) is 0.329. The molecular formula is C32H38N2O8. The van der Waals surface area contributed by atoms with Crippen molar-refractivity contribution in [2.24, 2.45) is 0 Å². The fraction of sp³-hybridized carbons (Fsp3) is 0.375. The Kier molecular flexibility index (Phi) is 13.1. The smallest absolute Gasteiger partial charge is 0.258 e. The zero-order valence-corrected chi connectivity index (χ0v) is 23.6. The number of hydrogen-bond acceptors (Lipinski definition) is 8. The van der Waals surface area contributed by atoms with E-state index in [2.05, 4.69) is 10.6 Å². The summed E-state index contributed by atoms with van der Waals surface area (Å²) in [5.41, 5.74) is 2.07. The number of hydrogen-bond donors (Lipinski definition) is 2. The first-order chi connectivity index (χ1) is 20.7. The van der Waals surface area contributed by atoms with Crippen LogP contribution in [0.5, 0.6) is 11.5 Å². The zero-order chi connectivity index (χ0) is 29.2. The minimum absolute atomic E-state index is 0.174. The molecule has 0 unspecified atom stereocenters. The van der Waals surface area contributed by atoms with Crippen LogP contribution >= 0.6 is 0 Å². The van der Waals surface area contributed by atoms with Gasteiger partial charge in [0.25, 0.3) is 11.8 Å².